The van der Waals surface area contributed by atoms with E-state index in [-0.39, 0.29) is 0 Å². The normalized spacial score (nSPS) is 15.1. The molecule has 80 valence electrons. The van der Waals surface area contributed by atoms with Crippen LogP contribution in [-0.4, -0.2) is 17.2 Å². The minimum Gasteiger partial charge on any atom is -0.423 e. The largest absolute Gasteiger partial charge is 0.485 e. The van der Waals surface area contributed by atoms with Crippen molar-refractivity contribution in [2.75, 3.05) is 0 Å². The first kappa shape index (κ1) is 10.9. The number of hydrogen-bond donors (Lipinski definition) is 2. The Labute approximate surface area is 95.4 Å². The molecule has 3 heteroatoms. The zero-order chi connectivity index (χ0) is 11.4. The fraction of sp³-hybridized carbons (Fsp3) is 0.0769. The molecule has 2 nitrogen and oxygen atoms in total. The number of hydrogen-bond acceptors (Lipinski definition) is 2. The summed E-state index contributed by atoms with van der Waals surface area (Å²) in [4.78, 5) is 0. The highest BCUT2D eigenvalue weighted by Gasteiger charge is 2.18. The molecule has 0 bridgehead atoms. The molecule has 2 N–H and O–H groups in total. The van der Waals surface area contributed by atoms with Gasteiger partial charge in [0, 0.05) is 0 Å². The van der Waals surface area contributed by atoms with Crippen LogP contribution >= 0.6 is 0 Å². The highest BCUT2D eigenvalue weighted by atomic mass is 16.4. The molecule has 0 saturated carbocycles. The Morgan fingerprint density at radius 2 is 1.75 bits per heavy atom. The van der Waals surface area contributed by atoms with Crippen molar-refractivity contribution in [3.63, 3.8) is 0 Å². The molecule has 1 aliphatic rings. The van der Waals surface area contributed by atoms with Crippen molar-refractivity contribution in [3.05, 3.63) is 65.7 Å². The van der Waals surface area contributed by atoms with Crippen LogP contribution < -0.4 is 0 Å². The minimum atomic E-state index is -1.40. The second-order valence-corrected chi connectivity index (χ2v) is 3.67. The second-order valence-electron chi connectivity index (χ2n) is 3.67. The molecular formula is C13H13BO2. The van der Waals surface area contributed by atoms with Crippen LogP contribution in [0.3, 0.4) is 0 Å². The van der Waals surface area contributed by atoms with E-state index in [1.165, 1.54) is 0 Å². The monoisotopic (exact) mass is 212 g/mol. The van der Waals surface area contributed by atoms with Crippen molar-refractivity contribution in [3.8, 4) is 0 Å². The Morgan fingerprint density at radius 3 is 2.44 bits per heavy atom. The Hall–Kier alpha value is -1.58. The maximum Gasteiger partial charge on any atom is 0.485 e. The Morgan fingerprint density at radius 1 is 1.00 bits per heavy atom. The molecule has 16 heavy (non-hydrogen) atoms. The van der Waals surface area contributed by atoms with Gasteiger partial charge in [-0.25, -0.2) is 0 Å². The molecule has 0 unspecified atom stereocenters. The predicted octanol–water partition coefficient (Wildman–Crippen LogP) is 1.97. The fourth-order valence-corrected chi connectivity index (χ4v) is 1.79. The third-order valence-electron chi connectivity index (χ3n) is 2.59. The maximum absolute atomic E-state index is 9.36. The van der Waals surface area contributed by atoms with Gasteiger partial charge in [0.2, 0.25) is 0 Å². The Balaban J connectivity index is 2.49. The van der Waals surface area contributed by atoms with Crippen LogP contribution in [0, 0.1) is 0 Å². The van der Waals surface area contributed by atoms with Crippen molar-refractivity contribution in [2.24, 2.45) is 0 Å². The molecule has 0 aromatic heterocycles. The van der Waals surface area contributed by atoms with Gasteiger partial charge in [0.15, 0.2) is 0 Å². The standard InChI is InChI=1S/C13H13BO2/c15-14(16)13-10-6-2-5-9-12(13)11-7-3-1-4-8-11/h1-9,15-16H,10H2. The first-order chi connectivity index (χ1) is 7.79. The molecule has 0 aliphatic heterocycles. The van der Waals surface area contributed by atoms with Gasteiger partial charge >= 0.3 is 7.12 Å². The summed E-state index contributed by atoms with van der Waals surface area (Å²) in [7, 11) is -1.40. The number of benzene rings is 1. The van der Waals surface area contributed by atoms with Gasteiger partial charge in [0.1, 0.15) is 0 Å². The van der Waals surface area contributed by atoms with Gasteiger partial charge in [-0.1, -0.05) is 54.6 Å². The topological polar surface area (TPSA) is 40.5 Å². The zero-order valence-electron chi connectivity index (χ0n) is 8.88. The highest BCUT2D eigenvalue weighted by molar-refractivity contribution is 6.52. The van der Waals surface area contributed by atoms with E-state index >= 15 is 0 Å². The lowest BCUT2D eigenvalue weighted by molar-refractivity contribution is 0.418. The molecule has 0 radical (unpaired) electrons. The van der Waals surface area contributed by atoms with Crippen LogP contribution in [0.4, 0.5) is 0 Å². The van der Waals surface area contributed by atoms with E-state index in [2.05, 4.69) is 0 Å². The molecule has 0 amide bonds. The molecule has 0 atom stereocenters. The summed E-state index contributed by atoms with van der Waals surface area (Å²) in [6, 6.07) is 9.75. The van der Waals surface area contributed by atoms with E-state index < -0.39 is 7.12 Å². The molecule has 2 rings (SSSR count). The quantitative estimate of drug-likeness (QED) is 0.735. The molecule has 0 spiro atoms. The van der Waals surface area contributed by atoms with E-state index in [0.717, 1.165) is 11.1 Å². The van der Waals surface area contributed by atoms with Gasteiger partial charge in [-0.05, 0) is 23.0 Å². The van der Waals surface area contributed by atoms with E-state index in [1.807, 2.05) is 54.6 Å². The number of rotatable bonds is 2. The average molecular weight is 212 g/mol. The SMILES string of the molecule is OB(O)C1=C(c2ccccc2)C=CC=CC1. The minimum absolute atomic E-state index is 0.564. The highest BCUT2D eigenvalue weighted by Crippen LogP contribution is 2.25. The molecule has 1 aromatic carbocycles. The van der Waals surface area contributed by atoms with Gasteiger partial charge in [-0.2, -0.15) is 0 Å². The predicted molar refractivity (Wildman–Crippen MR) is 66.5 cm³/mol. The summed E-state index contributed by atoms with van der Waals surface area (Å²) in [6.07, 6.45) is 8.22. The van der Waals surface area contributed by atoms with Crippen LogP contribution in [0.2, 0.25) is 0 Å². The summed E-state index contributed by atoms with van der Waals surface area (Å²) >= 11 is 0. The summed E-state index contributed by atoms with van der Waals surface area (Å²) in [5.41, 5.74) is 2.53. The molecular weight excluding hydrogens is 199 g/mol. The summed E-state index contributed by atoms with van der Waals surface area (Å²) < 4.78 is 0. The van der Waals surface area contributed by atoms with Crippen molar-refractivity contribution >= 4 is 12.7 Å². The van der Waals surface area contributed by atoms with Gasteiger partial charge < -0.3 is 10.0 Å². The first-order valence-corrected chi connectivity index (χ1v) is 5.27. The number of allylic oxidation sites excluding steroid dienone is 6. The van der Waals surface area contributed by atoms with Crippen molar-refractivity contribution in [1.29, 1.82) is 0 Å². The molecule has 0 heterocycles. The fourth-order valence-electron chi connectivity index (χ4n) is 1.79. The van der Waals surface area contributed by atoms with E-state index in [1.54, 1.807) is 0 Å². The second kappa shape index (κ2) is 4.97. The van der Waals surface area contributed by atoms with Gasteiger partial charge in [-0.15, -0.1) is 0 Å². The van der Waals surface area contributed by atoms with Crippen LogP contribution in [0.25, 0.3) is 5.57 Å². The van der Waals surface area contributed by atoms with Gasteiger partial charge in [0.05, 0.1) is 0 Å². The third kappa shape index (κ3) is 2.32. The average Bonchev–Trinajstić information content (AvgIpc) is 2.55. The summed E-state index contributed by atoms with van der Waals surface area (Å²) in [5, 5.41) is 18.7. The molecule has 1 aliphatic carbocycles. The first-order valence-electron chi connectivity index (χ1n) is 5.27. The van der Waals surface area contributed by atoms with Gasteiger partial charge in [-0.3, -0.25) is 0 Å². The third-order valence-corrected chi connectivity index (χ3v) is 2.59. The van der Waals surface area contributed by atoms with Crippen molar-refractivity contribution < 1.29 is 10.0 Å². The molecule has 1 aromatic rings. The Bertz CT molecular complexity index is 444. The van der Waals surface area contributed by atoms with Gasteiger partial charge in [0.25, 0.3) is 0 Å². The molecule has 0 fully saturated rings. The van der Waals surface area contributed by atoms with E-state index in [4.69, 9.17) is 0 Å². The van der Waals surface area contributed by atoms with Crippen LogP contribution in [0.15, 0.2) is 60.1 Å². The Kier molecular flexibility index (Phi) is 3.39. The lowest BCUT2D eigenvalue weighted by atomic mass is 9.73. The lowest BCUT2D eigenvalue weighted by Crippen LogP contribution is -2.16. The smallest absolute Gasteiger partial charge is 0.423 e. The van der Waals surface area contributed by atoms with Crippen molar-refractivity contribution in [2.45, 2.75) is 6.42 Å². The zero-order valence-corrected chi connectivity index (χ0v) is 8.88. The summed E-state index contributed by atoms with van der Waals surface area (Å²) in [5.74, 6) is 0. The lowest BCUT2D eigenvalue weighted by Gasteiger charge is -2.10. The summed E-state index contributed by atoms with van der Waals surface area (Å²) in [6.45, 7) is 0. The molecule has 0 saturated heterocycles. The van der Waals surface area contributed by atoms with E-state index in [0.29, 0.717) is 11.9 Å². The van der Waals surface area contributed by atoms with Crippen LogP contribution in [-0.2, 0) is 0 Å². The maximum atomic E-state index is 9.36. The van der Waals surface area contributed by atoms with Crippen molar-refractivity contribution in [1.82, 2.24) is 0 Å². The van der Waals surface area contributed by atoms with Crippen LogP contribution in [0.5, 0.6) is 0 Å². The van der Waals surface area contributed by atoms with E-state index in [9.17, 15) is 10.0 Å². The van der Waals surface area contributed by atoms with Crippen LogP contribution in [0.1, 0.15) is 12.0 Å².